The lowest BCUT2D eigenvalue weighted by Gasteiger charge is -2.35. The number of benzene rings is 1. The molecule has 37 heavy (non-hydrogen) atoms. The number of morpholine rings is 1. The van der Waals surface area contributed by atoms with Crippen LogP contribution in [0, 0.1) is 18.6 Å². The van der Waals surface area contributed by atoms with Gasteiger partial charge < -0.3 is 19.9 Å². The predicted octanol–water partition coefficient (Wildman–Crippen LogP) is 3.27. The Hall–Kier alpha value is -3.09. The molecule has 0 spiro atoms. The van der Waals surface area contributed by atoms with E-state index >= 15 is 4.39 Å². The number of sulfonamides is 1. The maximum Gasteiger partial charge on any atom is 0.213 e. The van der Waals surface area contributed by atoms with E-state index < -0.39 is 21.7 Å². The normalized spacial score (nSPS) is 17.4. The maximum atomic E-state index is 15.1. The summed E-state index contributed by atoms with van der Waals surface area (Å²) in [5, 5.41) is 3.51. The highest BCUT2D eigenvalue weighted by Crippen LogP contribution is 2.37. The van der Waals surface area contributed by atoms with Gasteiger partial charge in [-0.2, -0.15) is 4.31 Å². The molecule has 0 aliphatic carbocycles. The molecular weight excluding hydrogens is 502 g/mol. The number of hydrogen-bond donors (Lipinski definition) is 1. The minimum atomic E-state index is -3.29. The molecule has 198 valence electrons. The Kier molecular flexibility index (Phi) is 7.15. The molecule has 2 aromatic heterocycles. The van der Waals surface area contributed by atoms with E-state index in [4.69, 9.17) is 4.74 Å². The number of hydrogen-bond acceptors (Lipinski definition) is 8. The summed E-state index contributed by atoms with van der Waals surface area (Å²) in [4.78, 5) is 13.1. The van der Waals surface area contributed by atoms with Gasteiger partial charge in [-0.25, -0.2) is 22.2 Å². The average Bonchev–Trinajstić information content (AvgIpc) is 2.90. The van der Waals surface area contributed by atoms with Gasteiger partial charge in [0.15, 0.2) is 0 Å². The Morgan fingerprint density at radius 2 is 1.73 bits per heavy atom. The topological polar surface area (TPSA) is 90.9 Å². The Bertz CT molecular complexity index is 1410. The van der Waals surface area contributed by atoms with Gasteiger partial charge in [0, 0.05) is 57.0 Å². The number of rotatable bonds is 6. The molecule has 3 aromatic rings. The number of nitrogens with one attached hydrogen (secondary N) is 1. The van der Waals surface area contributed by atoms with Crippen LogP contribution in [0.5, 0.6) is 0 Å². The third-order valence-corrected chi connectivity index (χ3v) is 8.77. The lowest BCUT2D eigenvalue weighted by molar-refractivity contribution is 0.122. The van der Waals surface area contributed by atoms with E-state index in [2.05, 4.69) is 20.2 Å². The molecular formula is C25H30F2N6O3S. The maximum absolute atomic E-state index is 15.1. The van der Waals surface area contributed by atoms with Gasteiger partial charge in [0.1, 0.15) is 17.5 Å². The number of pyridine rings is 2. The monoisotopic (exact) mass is 532 g/mol. The quantitative estimate of drug-likeness (QED) is 0.518. The summed E-state index contributed by atoms with van der Waals surface area (Å²) < 4.78 is 60.8. The first kappa shape index (κ1) is 25.6. The standard InChI is InChI=1S/C25H30F2N6O3S/c1-3-37(34,35)33-6-4-32(5-7-33)25-17(2)24(23-21(27)12-18(26)13-22(23)30-25)29-19-14-20(16-28-15-19)31-8-10-36-11-9-31/h12-16H,3-11H2,1-2H3,(H,29,30). The van der Waals surface area contributed by atoms with Crippen molar-refractivity contribution < 1.29 is 21.9 Å². The van der Waals surface area contributed by atoms with Crippen LogP contribution in [0.2, 0.25) is 0 Å². The van der Waals surface area contributed by atoms with Crippen LogP contribution in [0.1, 0.15) is 12.5 Å². The average molecular weight is 533 g/mol. The number of piperazine rings is 1. The van der Waals surface area contributed by atoms with Crippen molar-refractivity contribution in [2.45, 2.75) is 13.8 Å². The Morgan fingerprint density at radius 1 is 1.00 bits per heavy atom. The lowest BCUT2D eigenvalue weighted by atomic mass is 10.1. The molecule has 2 aliphatic rings. The second-order valence-electron chi connectivity index (χ2n) is 9.16. The van der Waals surface area contributed by atoms with Crippen LogP contribution in [0.15, 0.2) is 30.6 Å². The first-order valence-electron chi connectivity index (χ1n) is 12.3. The van der Waals surface area contributed by atoms with Crippen molar-refractivity contribution in [3.63, 3.8) is 0 Å². The molecule has 1 aromatic carbocycles. The highest BCUT2D eigenvalue weighted by molar-refractivity contribution is 7.89. The summed E-state index contributed by atoms with van der Waals surface area (Å²) in [7, 11) is -3.29. The van der Waals surface area contributed by atoms with Gasteiger partial charge in [0.25, 0.3) is 0 Å². The smallest absolute Gasteiger partial charge is 0.213 e. The number of anilines is 4. The summed E-state index contributed by atoms with van der Waals surface area (Å²) in [6.45, 7) is 7.72. The van der Waals surface area contributed by atoms with E-state index in [0.29, 0.717) is 62.1 Å². The predicted molar refractivity (Wildman–Crippen MR) is 140 cm³/mol. The third-order valence-electron chi connectivity index (χ3n) is 6.89. The molecule has 1 N–H and O–H groups in total. The van der Waals surface area contributed by atoms with E-state index in [1.54, 1.807) is 19.3 Å². The SMILES string of the molecule is CCS(=O)(=O)N1CCN(c2nc3cc(F)cc(F)c3c(Nc3cncc(N4CCOCC4)c3)c2C)CC1. The van der Waals surface area contributed by atoms with Crippen molar-refractivity contribution in [3.8, 4) is 0 Å². The summed E-state index contributed by atoms with van der Waals surface area (Å²) in [6.07, 6.45) is 3.43. The van der Waals surface area contributed by atoms with Gasteiger partial charge in [0.05, 0.1) is 59.3 Å². The minimum Gasteiger partial charge on any atom is -0.378 e. The molecule has 0 radical (unpaired) electrons. The molecule has 0 amide bonds. The summed E-state index contributed by atoms with van der Waals surface area (Å²) >= 11 is 0. The molecule has 5 rings (SSSR count). The number of aromatic nitrogens is 2. The second kappa shape index (κ2) is 10.3. The Balaban J connectivity index is 1.52. The molecule has 0 bridgehead atoms. The first-order valence-corrected chi connectivity index (χ1v) is 13.9. The summed E-state index contributed by atoms with van der Waals surface area (Å²) in [5.41, 5.74) is 2.92. The van der Waals surface area contributed by atoms with Crippen LogP contribution < -0.4 is 15.1 Å². The van der Waals surface area contributed by atoms with E-state index in [1.165, 1.54) is 10.4 Å². The lowest BCUT2D eigenvalue weighted by Crippen LogP contribution is -2.49. The van der Waals surface area contributed by atoms with Crippen molar-refractivity contribution in [3.05, 3.63) is 47.8 Å². The first-order chi connectivity index (χ1) is 17.8. The number of ether oxygens (including phenoxy) is 1. The zero-order chi connectivity index (χ0) is 26.2. The second-order valence-corrected chi connectivity index (χ2v) is 11.4. The van der Waals surface area contributed by atoms with Crippen molar-refractivity contribution in [2.75, 3.05) is 73.4 Å². The van der Waals surface area contributed by atoms with Crippen LogP contribution in [0.3, 0.4) is 0 Å². The van der Waals surface area contributed by atoms with Crippen molar-refractivity contribution in [2.24, 2.45) is 0 Å². The molecule has 2 fully saturated rings. The van der Waals surface area contributed by atoms with E-state index in [-0.39, 0.29) is 16.7 Å². The highest BCUT2D eigenvalue weighted by atomic mass is 32.2. The fourth-order valence-corrected chi connectivity index (χ4v) is 5.94. The number of halogens is 2. The third kappa shape index (κ3) is 5.18. The molecule has 9 nitrogen and oxygen atoms in total. The van der Waals surface area contributed by atoms with Gasteiger partial charge in [-0.15, -0.1) is 0 Å². The van der Waals surface area contributed by atoms with Gasteiger partial charge in [-0.3, -0.25) is 4.98 Å². The number of nitrogens with zero attached hydrogens (tertiary/aromatic N) is 5. The van der Waals surface area contributed by atoms with Crippen molar-refractivity contribution in [1.29, 1.82) is 0 Å². The molecule has 4 heterocycles. The van der Waals surface area contributed by atoms with Crippen molar-refractivity contribution >= 4 is 43.8 Å². The highest BCUT2D eigenvalue weighted by Gasteiger charge is 2.28. The van der Waals surface area contributed by atoms with Gasteiger partial charge >= 0.3 is 0 Å². The van der Waals surface area contributed by atoms with Crippen molar-refractivity contribution in [1.82, 2.24) is 14.3 Å². The zero-order valence-corrected chi connectivity index (χ0v) is 21.7. The Morgan fingerprint density at radius 3 is 2.43 bits per heavy atom. The number of fused-ring (bicyclic) bond motifs is 1. The van der Waals surface area contributed by atoms with Gasteiger partial charge in [-0.1, -0.05) is 0 Å². The molecule has 12 heteroatoms. The molecule has 2 saturated heterocycles. The van der Waals surface area contributed by atoms with Crippen LogP contribution in [-0.4, -0.2) is 80.9 Å². The zero-order valence-electron chi connectivity index (χ0n) is 20.9. The van der Waals surface area contributed by atoms with Crippen LogP contribution in [0.4, 0.5) is 31.7 Å². The van der Waals surface area contributed by atoms with E-state index in [1.807, 2.05) is 17.9 Å². The van der Waals surface area contributed by atoms with Crippen LogP contribution in [0.25, 0.3) is 10.9 Å². The molecule has 0 atom stereocenters. The molecule has 0 saturated carbocycles. The van der Waals surface area contributed by atoms with Gasteiger partial charge in [-0.05, 0) is 19.9 Å². The molecule has 0 unspecified atom stereocenters. The summed E-state index contributed by atoms with van der Waals surface area (Å²) in [6, 6.07) is 4.01. The molecule has 2 aliphatic heterocycles. The fraction of sp³-hybridized carbons (Fsp3) is 0.440. The minimum absolute atomic E-state index is 0.0461. The summed E-state index contributed by atoms with van der Waals surface area (Å²) in [5.74, 6) is -0.820. The fourth-order valence-electron chi connectivity index (χ4n) is 4.85. The van der Waals surface area contributed by atoms with E-state index in [9.17, 15) is 12.8 Å². The van der Waals surface area contributed by atoms with E-state index in [0.717, 1.165) is 24.8 Å². The largest absolute Gasteiger partial charge is 0.378 e. The van der Waals surface area contributed by atoms with Gasteiger partial charge in [0.2, 0.25) is 10.0 Å². The van der Waals surface area contributed by atoms with Crippen LogP contribution >= 0.6 is 0 Å². The Labute approximate surface area is 215 Å². The van der Waals surface area contributed by atoms with Crippen LogP contribution in [-0.2, 0) is 14.8 Å².